The zero-order chi connectivity index (χ0) is 15.8. The van der Waals surface area contributed by atoms with Crippen LogP contribution in [-0.4, -0.2) is 20.1 Å². The third-order valence-corrected chi connectivity index (χ3v) is 3.73. The van der Waals surface area contributed by atoms with Crippen LogP contribution in [0.15, 0.2) is 53.6 Å². The van der Waals surface area contributed by atoms with Crippen molar-refractivity contribution in [3.63, 3.8) is 0 Å². The van der Waals surface area contributed by atoms with Gasteiger partial charge in [-0.05, 0) is 30.3 Å². The van der Waals surface area contributed by atoms with Gasteiger partial charge in [0.1, 0.15) is 28.5 Å². The topological polar surface area (TPSA) is 64.7 Å². The molecule has 0 fully saturated rings. The molecule has 7 heteroatoms. The Bertz CT molecular complexity index is 1000. The number of aromatic nitrogens is 4. The molecule has 3 heterocycles. The zero-order valence-electron chi connectivity index (χ0n) is 11.6. The normalized spacial score (nSPS) is 11.0. The van der Waals surface area contributed by atoms with Crippen molar-refractivity contribution in [1.82, 2.24) is 20.1 Å². The van der Waals surface area contributed by atoms with Gasteiger partial charge in [0.25, 0.3) is 0 Å². The highest BCUT2D eigenvalue weighted by molar-refractivity contribution is 6.32. The van der Waals surface area contributed by atoms with Crippen molar-refractivity contribution in [2.45, 2.75) is 0 Å². The van der Waals surface area contributed by atoms with Crippen LogP contribution in [-0.2, 0) is 0 Å². The van der Waals surface area contributed by atoms with Gasteiger partial charge in [0.15, 0.2) is 5.58 Å². The van der Waals surface area contributed by atoms with Crippen LogP contribution in [0.4, 0.5) is 4.39 Å². The molecule has 0 amide bonds. The molecule has 0 aliphatic carbocycles. The van der Waals surface area contributed by atoms with Crippen molar-refractivity contribution < 1.29 is 8.91 Å². The van der Waals surface area contributed by atoms with Gasteiger partial charge in [0, 0.05) is 29.1 Å². The quantitative estimate of drug-likeness (QED) is 0.518. The first-order valence-corrected chi connectivity index (χ1v) is 7.08. The van der Waals surface area contributed by atoms with Crippen LogP contribution in [0.25, 0.3) is 33.5 Å². The van der Waals surface area contributed by atoms with Gasteiger partial charge in [-0.15, -0.1) is 0 Å². The van der Waals surface area contributed by atoms with Gasteiger partial charge in [-0.1, -0.05) is 16.8 Å². The number of hydrogen-bond acceptors (Lipinski definition) is 5. The van der Waals surface area contributed by atoms with E-state index in [2.05, 4.69) is 20.1 Å². The predicted molar refractivity (Wildman–Crippen MR) is 83.2 cm³/mol. The van der Waals surface area contributed by atoms with Crippen molar-refractivity contribution in [2.75, 3.05) is 0 Å². The van der Waals surface area contributed by atoms with Crippen LogP contribution in [0, 0.1) is 5.82 Å². The van der Waals surface area contributed by atoms with Crippen LogP contribution in [0.3, 0.4) is 0 Å². The average Bonchev–Trinajstić information content (AvgIpc) is 3.00. The van der Waals surface area contributed by atoms with Crippen molar-refractivity contribution in [3.05, 3.63) is 60.0 Å². The molecule has 5 nitrogen and oxygen atoms in total. The molecule has 0 aliphatic heterocycles. The number of nitrogens with zero attached hydrogens (tertiary/aromatic N) is 4. The van der Waals surface area contributed by atoms with E-state index in [1.165, 1.54) is 18.5 Å². The largest absolute Gasteiger partial charge is 0.353 e. The molecule has 1 aromatic carbocycles. The Labute approximate surface area is 134 Å². The fourth-order valence-corrected chi connectivity index (χ4v) is 2.54. The van der Waals surface area contributed by atoms with E-state index in [-0.39, 0.29) is 5.82 Å². The molecule has 0 unspecified atom stereocenters. The van der Waals surface area contributed by atoms with E-state index >= 15 is 0 Å². The lowest BCUT2D eigenvalue weighted by Gasteiger charge is -2.02. The van der Waals surface area contributed by atoms with Gasteiger partial charge in [0.2, 0.25) is 0 Å². The number of benzene rings is 1. The van der Waals surface area contributed by atoms with Crippen molar-refractivity contribution >= 4 is 22.7 Å². The Balaban J connectivity index is 1.94. The second-order valence-corrected chi connectivity index (χ2v) is 5.16. The number of rotatable bonds is 2. The van der Waals surface area contributed by atoms with E-state index in [0.717, 1.165) is 0 Å². The number of pyridine rings is 1. The highest BCUT2D eigenvalue weighted by Crippen LogP contribution is 2.34. The second-order valence-electron chi connectivity index (χ2n) is 4.80. The number of fused-ring (bicyclic) bond motifs is 1. The lowest BCUT2D eigenvalue weighted by Crippen LogP contribution is -1.87. The highest BCUT2D eigenvalue weighted by atomic mass is 35.5. The second kappa shape index (κ2) is 5.40. The first-order chi connectivity index (χ1) is 11.2. The molecule has 0 saturated carbocycles. The van der Waals surface area contributed by atoms with E-state index in [4.69, 9.17) is 16.1 Å². The van der Waals surface area contributed by atoms with Gasteiger partial charge in [0.05, 0.1) is 0 Å². The van der Waals surface area contributed by atoms with Crippen LogP contribution >= 0.6 is 11.6 Å². The molecular formula is C16H8ClFN4O. The Morgan fingerprint density at radius 1 is 1.00 bits per heavy atom. The van der Waals surface area contributed by atoms with Crippen LogP contribution in [0.2, 0.25) is 5.15 Å². The zero-order valence-corrected chi connectivity index (χ0v) is 12.3. The van der Waals surface area contributed by atoms with E-state index in [0.29, 0.717) is 38.6 Å². The lowest BCUT2D eigenvalue weighted by molar-refractivity contribution is 0.460. The average molecular weight is 327 g/mol. The molecule has 4 rings (SSSR count). The third-order valence-electron chi connectivity index (χ3n) is 3.43. The summed E-state index contributed by atoms with van der Waals surface area (Å²) >= 11 is 6.13. The maximum atomic E-state index is 13.1. The Morgan fingerprint density at radius 3 is 2.61 bits per heavy atom. The molecule has 0 atom stereocenters. The maximum absolute atomic E-state index is 13.1. The van der Waals surface area contributed by atoms with Crippen LogP contribution in [0.5, 0.6) is 0 Å². The molecule has 0 radical (unpaired) electrons. The van der Waals surface area contributed by atoms with Crippen LogP contribution in [0.1, 0.15) is 0 Å². The maximum Gasteiger partial charge on any atom is 0.193 e. The lowest BCUT2D eigenvalue weighted by atomic mass is 10.1. The summed E-state index contributed by atoms with van der Waals surface area (Å²) in [4.78, 5) is 12.3. The fourth-order valence-electron chi connectivity index (χ4n) is 2.35. The third kappa shape index (κ3) is 2.33. The molecule has 0 saturated heterocycles. The van der Waals surface area contributed by atoms with E-state index in [9.17, 15) is 4.39 Å². The van der Waals surface area contributed by atoms with Crippen molar-refractivity contribution in [3.8, 4) is 22.4 Å². The molecular weight excluding hydrogens is 319 g/mol. The first kappa shape index (κ1) is 13.8. The van der Waals surface area contributed by atoms with E-state index in [1.54, 1.807) is 30.6 Å². The Morgan fingerprint density at radius 2 is 1.83 bits per heavy atom. The molecule has 0 bridgehead atoms. The van der Waals surface area contributed by atoms with Crippen LogP contribution < -0.4 is 0 Å². The summed E-state index contributed by atoms with van der Waals surface area (Å²) in [7, 11) is 0. The predicted octanol–water partition coefficient (Wildman–Crippen LogP) is 4.14. The number of hydrogen-bond donors (Lipinski definition) is 0. The van der Waals surface area contributed by atoms with Crippen molar-refractivity contribution in [2.24, 2.45) is 0 Å². The molecule has 4 aromatic rings. The molecule has 0 N–H and O–H groups in total. The molecule has 0 spiro atoms. The smallest absolute Gasteiger partial charge is 0.193 e. The highest BCUT2D eigenvalue weighted by Gasteiger charge is 2.17. The monoisotopic (exact) mass is 326 g/mol. The summed E-state index contributed by atoms with van der Waals surface area (Å²) in [5.74, 6) is -0.316. The van der Waals surface area contributed by atoms with Gasteiger partial charge in [-0.2, -0.15) is 0 Å². The van der Waals surface area contributed by atoms with E-state index < -0.39 is 0 Å². The summed E-state index contributed by atoms with van der Waals surface area (Å²) in [6.45, 7) is 0. The summed E-state index contributed by atoms with van der Waals surface area (Å²) in [5.41, 5.74) is 3.61. The SMILES string of the molecule is Fc1ccc(-c2noc3c(-c4cncnc4Cl)ccnc23)cc1. The minimum absolute atomic E-state index is 0.312. The molecule has 112 valence electrons. The summed E-state index contributed by atoms with van der Waals surface area (Å²) in [6.07, 6.45) is 4.60. The fraction of sp³-hybridized carbons (Fsp3) is 0. The summed E-state index contributed by atoms with van der Waals surface area (Å²) < 4.78 is 18.5. The van der Waals surface area contributed by atoms with Crippen molar-refractivity contribution in [1.29, 1.82) is 0 Å². The Kier molecular flexibility index (Phi) is 3.24. The molecule has 0 aliphatic rings. The molecule has 23 heavy (non-hydrogen) atoms. The van der Waals surface area contributed by atoms with Gasteiger partial charge in [-0.25, -0.2) is 14.4 Å². The number of halogens is 2. The standard InChI is InChI=1S/C16H8ClFN4O/c17-16-12(7-19-8-21-16)11-5-6-20-14-13(22-23-15(11)14)9-1-3-10(18)4-2-9/h1-8H. The van der Waals surface area contributed by atoms with Gasteiger partial charge < -0.3 is 4.52 Å². The van der Waals surface area contributed by atoms with E-state index in [1.807, 2.05) is 0 Å². The molecule has 3 aromatic heterocycles. The minimum Gasteiger partial charge on any atom is -0.353 e. The van der Waals surface area contributed by atoms with Gasteiger partial charge >= 0.3 is 0 Å². The Hall–Kier alpha value is -2.86. The summed E-state index contributed by atoms with van der Waals surface area (Å²) in [5, 5.41) is 4.38. The van der Waals surface area contributed by atoms with Gasteiger partial charge in [-0.3, -0.25) is 4.98 Å². The first-order valence-electron chi connectivity index (χ1n) is 6.70. The minimum atomic E-state index is -0.316. The summed E-state index contributed by atoms with van der Waals surface area (Å²) in [6, 6.07) is 7.73.